The number of aliphatic carboxylic acids is 1. The van der Waals surface area contributed by atoms with Gasteiger partial charge in [-0.05, 0) is 30.2 Å². The molecule has 0 unspecified atom stereocenters. The summed E-state index contributed by atoms with van der Waals surface area (Å²) in [7, 11) is 0. The lowest BCUT2D eigenvalue weighted by Gasteiger charge is -2.06. The maximum atomic E-state index is 13.5. The average Bonchev–Trinajstić information content (AvgIpc) is 2.36. The number of halogens is 1. The Morgan fingerprint density at radius 3 is 2.79 bits per heavy atom. The molecule has 1 rings (SSSR count). The van der Waals surface area contributed by atoms with Crippen molar-refractivity contribution in [2.24, 2.45) is 0 Å². The minimum absolute atomic E-state index is 0.0966. The van der Waals surface area contributed by atoms with Crippen molar-refractivity contribution in [1.29, 1.82) is 0 Å². The van der Waals surface area contributed by atoms with Crippen LogP contribution in [0.25, 0.3) is 6.08 Å². The van der Waals surface area contributed by atoms with Crippen LogP contribution in [-0.2, 0) is 16.1 Å². The number of hydrogen-bond acceptors (Lipinski definition) is 2. The molecule has 1 aromatic carbocycles. The largest absolute Gasteiger partial charge is 0.478 e. The molecule has 1 amide bonds. The van der Waals surface area contributed by atoms with E-state index in [1.54, 1.807) is 0 Å². The van der Waals surface area contributed by atoms with Crippen LogP contribution in [0, 0.1) is 5.82 Å². The highest BCUT2D eigenvalue weighted by molar-refractivity contribution is 5.85. The molecule has 0 radical (unpaired) electrons. The van der Waals surface area contributed by atoms with Crippen LogP contribution >= 0.6 is 0 Å². The molecule has 19 heavy (non-hydrogen) atoms. The number of carbonyl (C=O) groups excluding carboxylic acids is 1. The van der Waals surface area contributed by atoms with Gasteiger partial charge in [-0.25, -0.2) is 9.18 Å². The fourth-order valence-electron chi connectivity index (χ4n) is 1.51. The first kappa shape index (κ1) is 14.9. The number of carboxylic acids is 1. The Morgan fingerprint density at radius 1 is 1.42 bits per heavy atom. The Balaban J connectivity index is 2.74. The molecule has 0 atom stereocenters. The molecular formula is C14H16FNO3. The van der Waals surface area contributed by atoms with Crippen LogP contribution in [-0.4, -0.2) is 17.0 Å². The van der Waals surface area contributed by atoms with Crippen molar-refractivity contribution >= 4 is 18.0 Å². The molecule has 5 heteroatoms. The number of carbonyl (C=O) groups is 2. The third-order valence-corrected chi connectivity index (χ3v) is 2.44. The summed E-state index contributed by atoms with van der Waals surface area (Å²) in [6, 6.07) is 4.25. The summed E-state index contributed by atoms with van der Waals surface area (Å²) in [4.78, 5) is 21.7. The summed E-state index contributed by atoms with van der Waals surface area (Å²) >= 11 is 0. The lowest BCUT2D eigenvalue weighted by Crippen LogP contribution is -2.22. The van der Waals surface area contributed by atoms with Gasteiger partial charge >= 0.3 is 5.97 Å². The third kappa shape index (κ3) is 5.33. The van der Waals surface area contributed by atoms with Crippen molar-refractivity contribution in [2.75, 3.05) is 0 Å². The van der Waals surface area contributed by atoms with E-state index in [-0.39, 0.29) is 12.5 Å². The Bertz CT molecular complexity index is 497. The molecule has 0 saturated heterocycles. The van der Waals surface area contributed by atoms with Crippen LogP contribution in [0.4, 0.5) is 4.39 Å². The quantitative estimate of drug-likeness (QED) is 0.776. The molecule has 102 valence electrons. The number of amides is 1. The summed E-state index contributed by atoms with van der Waals surface area (Å²) < 4.78 is 13.5. The van der Waals surface area contributed by atoms with Crippen LogP contribution in [0.1, 0.15) is 30.9 Å². The van der Waals surface area contributed by atoms with Crippen LogP contribution in [0.5, 0.6) is 0 Å². The van der Waals surface area contributed by atoms with Gasteiger partial charge in [0, 0.05) is 24.6 Å². The van der Waals surface area contributed by atoms with Crippen molar-refractivity contribution in [2.45, 2.75) is 26.3 Å². The fourth-order valence-corrected chi connectivity index (χ4v) is 1.51. The molecular weight excluding hydrogens is 249 g/mol. The van der Waals surface area contributed by atoms with E-state index < -0.39 is 11.8 Å². The maximum Gasteiger partial charge on any atom is 0.328 e. The van der Waals surface area contributed by atoms with Crippen LogP contribution in [0.15, 0.2) is 24.3 Å². The predicted molar refractivity (Wildman–Crippen MR) is 69.8 cm³/mol. The first-order valence-corrected chi connectivity index (χ1v) is 5.99. The van der Waals surface area contributed by atoms with E-state index in [1.807, 2.05) is 6.92 Å². The van der Waals surface area contributed by atoms with E-state index in [1.165, 1.54) is 24.3 Å². The van der Waals surface area contributed by atoms with Gasteiger partial charge in [0.15, 0.2) is 0 Å². The highest BCUT2D eigenvalue weighted by Crippen LogP contribution is 2.12. The highest BCUT2D eigenvalue weighted by Gasteiger charge is 2.05. The molecule has 0 saturated carbocycles. The number of benzene rings is 1. The number of carboxylic acid groups (broad SMARTS) is 1. The molecule has 0 bridgehead atoms. The van der Waals surface area contributed by atoms with Gasteiger partial charge in [-0.2, -0.15) is 0 Å². The van der Waals surface area contributed by atoms with Gasteiger partial charge in [0.25, 0.3) is 0 Å². The first-order chi connectivity index (χ1) is 9.02. The van der Waals surface area contributed by atoms with Crippen molar-refractivity contribution in [3.63, 3.8) is 0 Å². The zero-order valence-electron chi connectivity index (χ0n) is 10.6. The highest BCUT2D eigenvalue weighted by atomic mass is 19.1. The Kier molecular flexibility index (Phi) is 5.73. The molecule has 2 N–H and O–H groups in total. The molecule has 0 aliphatic rings. The Labute approximate surface area is 110 Å². The van der Waals surface area contributed by atoms with Gasteiger partial charge in [0.1, 0.15) is 5.82 Å². The van der Waals surface area contributed by atoms with Gasteiger partial charge in [0.05, 0.1) is 0 Å². The van der Waals surface area contributed by atoms with Gasteiger partial charge in [-0.15, -0.1) is 0 Å². The summed E-state index contributed by atoms with van der Waals surface area (Å²) in [5.41, 5.74) is 0.903. The molecule has 0 aromatic heterocycles. The molecule has 0 spiro atoms. The van der Waals surface area contributed by atoms with Gasteiger partial charge in [-0.1, -0.05) is 13.0 Å². The van der Waals surface area contributed by atoms with E-state index in [0.717, 1.165) is 12.5 Å². The Hall–Kier alpha value is -2.17. The fraction of sp³-hybridized carbons (Fsp3) is 0.286. The van der Waals surface area contributed by atoms with E-state index in [2.05, 4.69) is 5.32 Å². The minimum Gasteiger partial charge on any atom is -0.478 e. The van der Waals surface area contributed by atoms with Crippen LogP contribution in [0.3, 0.4) is 0 Å². The second kappa shape index (κ2) is 7.31. The third-order valence-electron chi connectivity index (χ3n) is 2.44. The van der Waals surface area contributed by atoms with Gasteiger partial charge in [-0.3, -0.25) is 4.79 Å². The molecule has 0 aliphatic heterocycles. The van der Waals surface area contributed by atoms with Crippen molar-refractivity contribution in [1.82, 2.24) is 5.32 Å². The van der Waals surface area contributed by atoms with E-state index in [9.17, 15) is 14.0 Å². The summed E-state index contributed by atoms with van der Waals surface area (Å²) in [5, 5.41) is 11.1. The number of hydrogen-bond donors (Lipinski definition) is 2. The van der Waals surface area contributed by atoms with Gasteiger partial charge < -0.3 is 10.4 Å². The smallest absolute Gasteiger partial charge is 0.328 e. The first-order valence-electron chi connectivity index (χ1n) is 5.99. The topological polar surface area (TPSA) is 66.4 Å². The number of nitrogens with one attached hydrogen (secondary N) is 1. The Morgan fingerprint density at radius 2 is 2.16 bits per heavy atom. The lowest BCUT2D eigenvalue weighted by molar-refractivity contribution is -0.131. The van der Waals surface area contributed by atoms with Crippen molar-refractivity contribution in [3.8, 4) is 0 Å². The maximum absolute atomic E-state index is 13.5. The normalized spacial score (nSPS) is 10.6. The SMILES string of the molecule is CCCC(=O)NCc1cc(/C=C/C(=O)O)ccc1F. The second-order valence-electron chi connectivity index (χ2n) is 4.05. The molecule has 4 nitrogen and oxygen atoms in total. The molecule has 0 heterocycles. The summed E-state index contributed by atoms with van der Waals surface area (Å²) in [6.07, 6.45) is 3.49. The average molecular weight is 265 g/mol. The standard InChI is InChI=1S/C14H16FNO3/c1-2-3-13(17)16-9-11-8-10(4-6-12(11)15)5-7-14(18)19/h4-8H,2-3,9H2,1H3,(H,16,17)(H,18,19)/b7-5+. The lowest BCUT2D eigenvalue weighted by atomic mass is 10.1. The molecule has 0 fully saturated rings. The zero-order valence-corrected chi connectivity index (χ0v) is 10.6. The van der Waals surface area contributed by atoms with E-state index >= 15 is 0 Å². The van der Waals surface area contributed by atoms with Crippen LogP contribution in [0.2, 0.25) is 0 Å². The van der Waals surface area contributed by atoms with Crippen LogP contribution < -0.4 is 5.32 Å². The predicted octanol–water partition coefficient (Wildman–Crippen LogP) is 2.34. The minimum atomic E-state index is -1.07. The second-order valence-corrected chi connectivity index (χ2v) is 4.05. The molecule has 0 aliphatic carbocycles. The van der Waals surface area contributed by atoms with Gasteiger partial charge in [0.2, 0.25) is 5.91 Å². The van der Waals surface area contributed by atoms with E-state index in [0.29, 0.717) is 17.5 Å². The van der Waals surface area contributed by atoms with Crippen molar-refractivity contribution < 1.29 is 19.1 Å². The molecule has 1 aromatic rings. The summed E-state index contributed by atoms with van der Waals surface area (Å²) in [5.74, 6) is -1.63. The van der Waals surface area contributed by atoms with E-state index in [4.69, 9.17) is 5.11 Å². The monoisotopic (exact) mass is 265 g/mol. The van der Waals surface area contributed by atoms with Crippen molar-refractivity contribution in [3.05, 3.63) is 41.2 Å². The number of rotatable bonds is 6. The summed E-state index contributed by atoms with van der Waals surface area (Å²) in [6.45, 7) is 1.98. The zero-order chi connectivity index (χ0) is 14.3.